The molecule has 0 bridgehead atoms. The smallest absolute Gasteiger partial charge is 0.750 e. The Morgan fingerprint density at radius 3 is 1.57 bits per heavy atom. The fraction of sp³-hybridized carbons (Fsp3) is 0. The second-order valence-electron chi connectivity index (χ2n) is 0.217. The fourth-order valence-corrected chi connectivity index (χ4v) is 0. The van der Waals surface area contributed by atoms with Gasteiger partial charge in [0.25, 0.3) is 6.79 Å². The van der Waals surface area contributed by atoms with E-state index in [2.05, 4.69) is 6.79 Å². The van der Waals surface area contributed by atoms with Crippen LogP contribution in [0, 0.1) is 0 Å². The van der Waals surface area contributed by atoms with Crippen molar-refractivity contribution in [3.8, 4) is 0 Å². The first-order chi connectivity index (χ1) is 2.73. The molecule has 0 aliphatic carbocycles. The average Bonchev–Trinajstić information content (AvgIpc) is 1.41. The van der Waals surface area contributed by atoms with E-state index in [1.54, 1.807) is 0 Å². The van der Waals surface area contributed by atoms with Gasteiger partial charge in [0.15, 0.2) is 0 Å². The van der Waals surface area contributed by atoms with Gasteiger partial charge >= 0.3 is 29.6 Å². The van der Waals surface area contributed by atoms with Crippen molar-refractivity contribution in [3.63, 3.8) is 0 Å². The van der Waals surface area contributed by atoms with Crippen LogP contribution in [0.25, 0.3) is 0 Å². The first-order valence-corrected chi connectivity index (χ1v) is 1.75. The van der Waals surface area contributed by atoms with Gasteiger partial charge in [0.2, 0.25) is 0 Å². The molecule has 36 valence electrons. The Hall–Kier alpha value is 0.740. The first-order valence-electron chi connectivity index (χ1n) is 0.720. The van der Waals surface area contributed by atoms with Crippen LogP contribution in [0.2, 0.25) is 0 Å². The number of rotatable bonds is 0. The van der Waals surface area contributed by atoms with Crippen molar-refractivity contribution >= 4 is 18.2 Å². The van der Waals surface area contributed by atoms with E-state index in [1.807, 2.05) is 0 Å². The third-order valence-electron chi connectivity index (χ3n) is 0. The van der Waals surface area contributed by atoms with E-state index in [0.717, 1.165) is 0 Å². The van der Waals surface area contributed by atoms with Gasteiger partial charge in [-0.1, -0.05) is 0 Å². The van der Waals surface area contributed by atoms with Crippen molar-refractivity contribution in [2.24, 2.45) is 0 Å². The van der Waals surface area contributed by atoms with E-state index in [1.165, 1.54) is 0 Å². The monoisotopic (exact) mass is 132 g/mol. The largest absolute Gasteiger partial charge is 1.00 e. The molecule has 0 fully saturated rings. The minimum absolute atomic E-state index is 0. The molecule has 1 unspecified atom stereocenters. The van der Waals surface area contributed by atoms with Crippen LogP contribution in [0.5, 0.6) is 0 Å². The summed E-state index contributed by atoms with van der Waals surface area (Å²) in [7, 11) is 0. The molecule has 0 aromatic heterocycles. The topological polar surface area (TPSA) is 77.4 Å². The number of hydrogen-bond donors (Lipinski definition) is 1. The maximum absolute atomic E-state index is 8.56. The summed E-state index contributed by atoms with van der Waals surface area (Å²) in [6.07, 6.45) is 0. The molecule has 7 heavy (non-hydrogen) atoms. The van der Waals surface area contributed by atoms with Crippen molar-refractivity contribution in [1.29, 1.82) is 0 Å². The zero-order valence-electron chi connectivity index (χ0n) is 3.58. The Morgan fingerprint density at radius 1 is 1.57 bits per heavy atom. The van der Waals surface area contributed by atoms with Crippen molar-refractivity contribution in [2.45, 2.75) is 0 Å². The van der Waals surface area contributed by atoms with E-state index in [0.29, 0.717) is 0 Å². The van der Waals surface area contributed by atoms with Gasteiger partial charge in [0.05, 0.1) is 11.4 Å². The Morgan fingerprint density at radius 2 is 1.57 bits per heavy atom. The van der Waals surface area contributed by atoms with Gasteiger partial charge in [-0.05, 0) is 0 Å². The number of hydrogen-bond acceptors (Lipinski definition) is 3. The molecule has 0 saturated heterocycles. The molecule has 0 heterocycles. The zero-order chi connectivity index (χ0) is 5.58. The molecule has 1 atom stereocenters. The third kappa shape index (κ3) is 277. The Balaban J connectivity index is -0.0000000480. The van der Waals surface area contributed by atoms with Gasteiger partial charge in [-0.25, -0.2) is 4.21 Å². The quantitative estimate of drug-likeness (QED) is 0.269. The molecule has 2 radical (unpaired) electrons. The second-order valence-corrected chi connectivity index (χ2v) is 0.651. The van der Waals surface area contributed by atoms with Gasteiger partial charge in [0.1, 0.15) is 0 Å². The SMILES string of the molecule is O=S([O-])O.[C]=O.[Na+]. The van der Waals surface area contributed by atoms with Crippen LogP contribution in [-0.2, 0) is 16.2 Å². The van der Waals surface area contributed by atoms with Gasteiger partial charge in [0, 0.05) is 0 Å². The molecule has 4 nitrogen and oxygen atoms in total. The van der Waals surface area contributed by atoms with E-state index < -0.39 is 11.4 Å². The normalized spacial score (nSPS) is 9.43. The van der Waals surface area contributed by atoms with Gasteiger partial charge in [-0.15, -0.1) is 0 Å². The van der Waals surface area contributed by atoms with E-state index in [-0.39, 0.29) is 29.6 Å². The standard InChI is InChI=1S/CO.Na.H2O3S/c1-2;;1-4(2)3/h;;(H2,1,2,3)/q;+1;/p-1. The van der Waals surface area contributed by atoms with Crippen molar-refractivity contribution in [1.82, 2.24) is 0 Å². The van der Waals surface area contributed by atoms with Crippen LogP contribution < -0.4 is 29.6 Å². The summed E-state index contributed by atoms with van der Waals surface area (Å²) in [5.74, 6) is 0. The summed E-state index contributed by atoms with van der Waals surface area (Å²) in [6, 6.07) is 0. The van der Waals surface area contributed by atoms with Crippen LogP contribution in [-0.4, -0.2) is 20.1 Å². The first kappa shape index (κ1) is 15.6. The molecular formula is CHNaO4S. The minimum Gasteiger partial charge on any atom is -0.750 e. The molecular weight excluding hydrogens is 131 g/mol. The third-order valence-corrected chi connectivity index (χ3v) is 0. The molecule has 1 N–H and O–H groups in total. The second kappa shape index (κ2) is 15.9. The van der Waals surface area contributed by atoms with E-state index in [9.17, 15) is 0 Å². The molecule has 0 aliphatic rings. The van der Waals surface area contributed by atoms with Crippen LogP contribution in [0.1, 0.15) is 0 Å². The van der Waals surface area contributed by atoms with Crippen LogP contribution in [0.4, 0.5) is 0 Å². The molecule has 0 aromatic carbocycles. The summed E-state index contributed by atoms with van der Waals surface area (Å²) in [6.45, 7) is 4.50. The van der Waals surface area contributed by atoms with Gasteiger partial charge in [-0.3, -0.25) is 4.79 Å². The van der Waals surface area contributed by atoms with Crippen LogP contribution >= 0.6 is 0 Å². The van der Waals surface area contributed by atoms with Crippen LogP contribution in [0.3, 0.4) is 0 Å². The number of carbonyl (C=O) groups excluding carboxylic acids is 1. The molecule has 0 rings (SSSR count). The van der Waals surface area contributed by atoms with E-state index >= 15 is 0 Å². The van der Waals surface area contributed by atoms with Gasteiger partial charge in [-0.2, -0.15) is 0 Å². The zero-order valence-corrected chi connectivity index (χ0v) is 6.40. The molecule has 0 aliphatic heterocycles. The Labute approximate surface area is 65.7 Å². The summed E-state index contributed by atoms with van der Waals surface area (Å²) in [5.41, 5.74) is 0. The van der Waals surface area contributed by atoms with Gasteiger partial charge < -0.3 is 9.11 Å². The van der Waals surface area contributed by atoms with Crippen molar-refractivity contribution in [3.05, 3.63) is 0 Å². The Kier molecular flexibility index (Phi) is 35.5. The molecule has 0 spiro atoms. The predicted molar refractivity (Wildman–Crippen MR) is 17.2 cm³/mol. The summed E-state index contributed by atoms with van der Waals surface area (Å²) < 4.78 is 24.1. The van der Waals surface area contributed by atoms with Crippen molar-refractivity contribution in [2.75, 3.05) is 0 Å². The summed E-state index contributed by atoms with van der Waals surface area (Å²) in [5, 5.41) is 0. The van der Waals surface area contributed by atoms with Crippen molar-refractivity contribution < 1.29 is 47.7 Å². The predicted octanol–water partition coefficient (Wildman–Crippen LogP) is -4.05. The summed E-state index contributed by atoms with van der Waals surface area (Å²) in [4.78, 5) is 7.50. The van der Waals surface area contributed by atoms with Crippen LogP contribution in [0.15, 0.2) is 0 Å². The Bertz CT molecular complexity index is 43.0. The minimum atomic E-state index is -2.86. The molecule has 0 aromatic rings. The maximum Gasteiger partial charge on any atom is 1.00 e. The molecule has 6 heteroatoms. The molecule has 0 saturated carbocycles. The fourth-order valence-electron chi connectivity index (χ4n) is 0. The van der Waals surface area contributed by atoms with E-state index in [4.69, 9.17) is 18.1 Å². The molecule has 0 amide bonds. The maximum atomic E-state index is 8.56. The summed E-state index contributed by atoms with van der Waals surface area (Å²) >= 11 is -2.86. The average molecular weight is 132 g/mol.